The van der Waals surface area contributed by atoms with Crippen LogP contribution in [-0.2, 0) is 0 Å². The van der Waals surface area contributed by atoms with Crippen molar-refractivity contribution in [2.75, 3.05) is 6.61 Å². The molecule has 0 aromatic heterocycles. The maximum absolute atomic E-state index is 8.79. The number of hydrogen-bond acceptors (Lipinski definition) is 1. The van der Waals surface area contributed by atoms with Crippen molar-refractivity contribution in [3.63, 3.8) is 0 Å². The van der Waals surface area contributed by atoms with Crippen molar-refractivity contribution >= 4 is 0 Å². The van der Waals surface area contributed by atoms with Gasteiger partial charge >= 0.3 is 0 Å². The first kappa shape index (κ1) is 9.51. The van der Waals surface area contributed by atoms with Gasteiger partial charge in [0.25, 0.3) is 0 Å². The average Bonchev–Trinajstić information content (AvgIpc) is 2.72. The first-order valence-corrected chi connectivity index (χ1v) is 5.96. The van der Waals surface area contributed by atoms with Crippen molar-refractivity contribution in [1.29, 1.82) is 0 Å². The first-order chi connectivity index (χ1) is 6.35. The molecular weight excluding hydrogens is 160 g/mol. The Hall–Kier alpha value is -0.0400. The fraction of sp³-hybridized carbons (Fsp3) is 1.00. The van der Waals surface area contributed by atoms with Crippen LogP contribution in [0.4, 0.5) is 0 Å². The summed E-state index contributed by atoms with van der Waals surface area (Å²) in [5.74, 6) is 4.11. The van der Waals surface area contributed by atoms with Crippen LogP contribution in [-0.4, -0.2) is 11.7 Å². The molecule has 4 atom stereocenters. The second kappa shape index (κ2) is 4.00. The van der Waals surface area contributed by atoms with Gasteiger partial charge in [0.05, 0.1) is 0 Å². The third kappa shape index (κ3) is 1.76. The van der Waals surface area contributed by atoms with E-state index in [0.29, 0.717) is 6.61 Å². The summed E-state index contributed by atoms with van der Waals surface area (Å²) in [6, 6.07) is 0. The zero-order valence-electron chi connectivity index (χ0n) is 8.71. The Bertz CT molecular complexity index is 167. The SMILES string of the molecule is CCC1CC2CC1CC2CCCO. The number of hydrogen-bond donors (Lipinski definition) is 1. The molecule has 0 heterocycles. The Morgan fingerprint density at radius 3 is 2.31 bits per heavy atom. The van der Waals surface area contributed by atoms with Crippen molar-refractivity contribution in [2.24, 2.45) is 23.7 Å². The molecule has 0 saturated heterocycles. The van der Waals surface area contributed by atoms with Gasteiger partial charge in [-0.25, -0.2) is 0 Å². The van der Waals surface area contributed by atoms with Gasteiger partial charge < -0.3 is 5.11 Å². The van der Waals surface area contributed by atoms with Crippen molar-refractivity contribution < 1.29 is 5.11 Å². The zero-order valence-corrected chi connectivity index (χ0v) is 8.71. The number of rotatable bonds is 4. The van der Waals surface area contributed by atoms with Gasteiger partial charge in [0.2, 0.25) is 0 Å². The molecule has 2 fully saturated rings. The third-order valence-corrected chi connectivity index (χ3v) is 4.41. The van der Waals surface area contributed by atoms with Crippen LogP contribution in [0.2, 0.25) is 0 Å². The van der Waals surface area contributed by atoms with Gasteiger partial charge in [-0.05, 0) is 55.8 Å². The van der Waals surface area contributed by atoms with Gasteiger partial charge in [0.1, 0.15) is 0 Å². The maximum Gasteiger partial charge on any atom is 0.0431 e. The molecule has 13 heavy (non-hydrogen) atoms. The lowest BCUT2D eigenvalue weighted by atomic mass is 9.79. The highest BCUT2D eigenvalue weighted by molar-refractivity contribution is 4.94. The first-order valence-electron chi connectivity index (χ1n) is 5.96. The van der Waals surface area contributed by atoms with Gasteiger partial charge in [-0.15, -0.1) is 0 Å². The summed E-state index contributed by atoms with van der Waals surface area (Å²) in [6.45, 7) is 2.74. The molecule has 2 rings (SSSR count). The smallest absolute Gasteiger partial charge is 0.0431 e. The molecule has 2 aliphatic rings. The van der Waals surface area contributed by atoms with Gasteiger partial charge in [-0.3, -0.25) is 0 Å². The molecule has 1 nitrogen and oxygen atoms in total. The van der Waals surface area contributed by atoms with Crippen LogP contribution in [0.25, 0.3) is 0 Å². The standard InChI is InChI=1S/C12H22O/c1-2-9-6-12-8-11(9)7-10(12)4-3-5-13/h9-13H,2-8H2,1H3. The van der Waals surface area contributed by atoms with E-state index < -0.39 is 0 Å². The topological polar surface area (TPSA) is 20.2 Å². The van der Waals surface area contributed by atoms with E-state index in [4.69, 9.17) is 5.11 Å². The quantitative estimate of drug-likeness (QED) is 0.709. The van der Waals surface area contributed by atoms with Crippen LogP contribution < -0.4 is 0 Å². The van der Waals surface area contributed by atoms with Crippen molar-refractivity contribution in [3.8, 4) is 0 Å². The lowest BCUT2D eigenvalue weighted by Gasteiger charge is -2.27. The Labute approximate surface area is 81.5 Å². The summed E-state index contributed by atoms with van der Waals surface area (Å²) >= 11 is 0. The largest absolute Gasteiger partial charge is 0.396 e. The maximum atomic E-state index is 8.79. The number of fused-ring (bicyclic) bond motifs is 2. The van der Waals surface area contributed by atoms with Gasteiger partial charge in [0.15, 0.2) is 0 Å². The molecule has 0 spiro atoms. The van der Waals surface area contributed by atoms with E-state index in [1.807, 2.05) is 0 Å². The van der Waals surface area contributed by atoms with E-state index in [2.05, 4.69) is 6.92 Å². The van der Waals surface area contributed by atoms with Crippen LogP contribution in [0.5, 0.6) is 0 Å². The molecule has 1 heteroatoms. The Morgan fingerprint density at radius 2 is 1.77 bits per heavy atom. The van der Waals surface area contributed by atoms with E-state index >= 15 is 0 Å². The second-order valence-electron chi connectivity index (χ2n) is 5.02. The molecule has 0 radical (unpaired) electrons. The van der Waals surface area contributed by atoms with Crippen molar-refractivity contribution in [2.45, 2.75) is 45.4 Å². The van der Waals surface area contributed by atoms with E-state index in [-0.39, 0.29) is 0 Å². The van der Waals surface area contributed by atoms with Crippen molar-refractivity contribution in [3.05, 3.63) is 0 Å². The molecule has 1 N–H and O–H groups in total. The fourth-order valence-corrected chi connectivity index (χ4v) is 3.72. The Morgan fingerprint density at radius 1 is 1.08 bits per heavy atom. The normalized spacial score (nSPS) is 42.9. The minimum atomic E-state index is 0.394. The van der Waals surface area contributed by atoms with E-state index in [0.717, 1.165) is 30.1 Å². The molecular formula is C12H22O. The molecule has 0 aromatic carbocycles. The summed E-state index contributed by atoms with van der Waals surface area (Å²) in [5.41, 5.74) is 0. The highest BCUT2D eigenvalue weighted by Crippen LogP contribution is 2.53. The highest BCUT2D eigenvalue weighted by atomic mass is 16.2. The van der Waals surface area contributed by atoms with Crippen LogP contribution >= 0.6 is 0 Å². The van der Waals surface area contributed by atoms with Gasteiger partial charge in [-0.2, -0.15) is 0 Å². The third-order valence-electron chi connectivity index (χ3n) is 4.41. The molecule has 0 aromatic rings. The Balaban J connectivity index is 1.81. The van der Waals surface area contributed by atoms with Crippen molar-refractivity contribution in [1.82, 2.24) is 0 Å². The number of aliphatic hydroxyl groups excluding tert-OH is 1. The molecule has 0 aliphatic heterocycles. The van der Waals surface area contributed by atoms with E-state index in [1.165, 1.54) is 32.1 Å². The van der Waals surface area contributed by atoms with Crippen LogP contribution in [0.3, 0.4) is 0 Å². The minimum absolute atomic E-state index is 0.394. The zero-order chi connectivity index (χ0) is 9.26. The highest BCUT2D eigenvalue weighted by Gasteiger charge is 2.44. The van der Waals surface area contributed by atoms with Crippen LogP contribution in [0.15, 0.2) is 0 Å². The summed E-state index contributed by atoms with van der Waals surface area (Å²) in [5, 5.41) is 8.79. The molecule has 2 saturated carbocycles. The van der Waals surface area contributed by atoms with Crippen LogP contribution in [0.1, 0.15) is 45.4 Å². The molecule has 4 unspecified atom stereocenters. The van der Waals surface area contributed by atoms with Crippen LogP contribution in [0, 0.1) is 23.7 Å². The molecule has 76 valence electrons. The average molecular weight is 182 g/mol. The minimum Gasteiger partial charge on any atom is -0.396 e. The Kier molecular flexibility index (Phi) is 2.92. The monoisotopic (exact) mass is 182 g/mol. The summed E-state index contributed by atoms with van der Waals surface area (Å²) < 4.78 is 0. The second-order valence-corrected chi connectivity index (χ2v) is 5.02. The molecule has 2 aliphatic carbocycles. The molecule has 0 amide bonds. The van der Waals surface area contributed by atoms with Gasteiger partial charge in [-0.1, -0.05) is 13.3 Å². The van der Waals surface area contributed by atoms with E-state index in [9.17, 15) is 0 Å². The fourth-order valence-electron chi connectivity index (χ4n) is 3.72. The van der Waals surface area contributed by atoms with Gasteiger partial charge in [0, 0.05) is 6.61 Å². The lowest BCUT2D eigenvalue weighted by Crippen LogP contribution is -2.17. The summed E-state index contributed by atoms with van der Waals surface area (Å²) in [6.07, 6.45) is 8.20. The summed E-state index contributed by atoms with van der Waals surface area (Å²) in [4.78, 5) is 0. The number of aliphatic hydroxyl groups is 1. The lowest BCUT2D eigenvalue weighted by molar-refractivity contribution is 0.215. The predicted molar refractivity (Wildman–Crippen MR) is 54.4 cm³/mol. The molecule has 2 bridgehead atoms. The van der Waals surface area contributed by atoms with E-state index in [1.54, 1.807) is 0 Å². The predicted octanol–water partition coefficient (Wildman–Crippen LogP) is 2.83. The summed E-state index contributed by atoms with van der Waals surface area (Å²) in [7, 11) is 0.